The van der Waals surface area contributed by atoms with Crippen molar-refractivity contribution in [3.05, 3.63) is 52.0 Å². The lowest BCUT2D eigenvalue weighted by Crippen LogP contribution is -2.46. The second kappa shape index (κ2) is 7.48. The van der Waals surface area contributed by atoms with Crippen LogP contribution in [0.2, 0.25) is 0 Å². The Morgan fingerprint density at radius 2 is 1.88 bits per heavy atom. The Hall–Kier alpha value is -1.73. The van der Waals surface area contributed by atoms with E-state index in [9.17, 15) is 13.2 Å². The van der Waals surface area contributed by atoms with Gasteiger partial charge >= 0.3 is 0 Å². The van der Waals surface area contributed by atoms with Crippen molar-refractivity contribution in [1.29, 1.82) is 0 Å². The van der Waals surface area contributed by atoms with E-state index < -0.39 is 9.84 Å². The van der Waals surface area contributed by atoms with Gasteiger partial charge in [0.25, 0.3) is 0 Å². The Balaban J connectivity index is 1.79. The molecule has 1 aliphatic heterocycles. The summed E-state index contributed by atoms with van der Waals surface area (Å²) in [4.78, 5) is 18.9. The molecule has 5 nitrogen and oxygen atoms in total. The van der Waals surface area contributed by atoms with Gasteiger partial charge in [-0.15, -0.1) is 11.3 Å². The molecule has 1 fully saturated rings. The summed E-state index contributed by atoms with van der Waals surface area (Å²) < 4.78 is 22.6. The zero-order valence-electron chi connectivity index (χ0n) is 15.1. The highest BCUT2D eigenvalue weighted by Gasteiger charge is 2.40. The number of rotatable bonds is 5. The predicted octanol–water partition coefficient (Wildman–Crippen LogP) is 2.79. The summed E-state index contributed by atoms with van der Waals surface area (Å²) in [5, 5.41) is 3.17. The molecule has 0 bridgehead atoms. The number of nitrogens with zero attached hydrogens (tertiary/aromatic N) is 2. The maximum Gasteiger partial charge on any atom is 0.223 e. The van der Waals surface area contributed by atoms with E-state index in [0.29, 0.717) is 13.1 Å². The Labute approximate surface area is 159 Å². The highest BCUT2D eigenvalue weighted by Crippen LogP contribution is 2.42. The van der Waals surface area contributed by atoms with Crippen molar-refractivity contribution in [3.8, 4) is 0 Å². The number of sulfone groups is 1. The molecule has 0 saturated carbocycles. The predicted molar refractivity (Wildman–Crippen MR) is 104 cm³/mol. The first-order valence-corrected chi connectivity index (χ1v) is 11.7. The van der Waals surface area contributed by atoms with E-state index >= 15 is 0 Å². The van der Waals surface area contributed by atoms with Gasteiger partial charge in [0.1, 0.15) is 9.84 Å². The number of carbonyl (C=O) groups excluding carboxylic acids is 1. The molecule has 0 aliphatic carbocycles. The maximum absolute atomic E-state index is 12.4. The number of hydrogen-bond donors (Lipinski definition) is 0. The zero-order valence-corrected chi connectivity index (χ0v) is 16.8. The summed E-state index contributed by atoms with van der Waals surface area (Å²) in [6, 6.07) is 10.4. The first-order valence-electron chi connectivity index (χ1n) is 8.74. The number of piperidine rings is 1. The van der Waals surface area contributed by atoms with Gasteiger partial charge in [0.05, 0.1) is 16.5 Å². The molecular weight excluding hydrogens is 368 g/mol. The van der Waals surface area contributed by atoms with E-state index in [4.69, 9.17) is 4.98 Å². The van der Waals surface area contributed by atoms with Crippen LogP contribution in [-0.2, 0) is 20.0 Å². The van der Waals surface area contributed by atoms with Crippen LogP contribution in [0.4, 0.5) is 0 Å². The molecule has 1 aliphatic rings. The van der Waals surface area contributed by atoms with Crippen molar-refractivity contribution >= 4 is 27.1 Å². The number of thiazole rings is 1. The molecule has 1 saturated heterocycles. The molecule has 2 heterocycles. The molecule has 1 amide bonds. The summed E-state index contributed by atoms with van der Waals surface area (Å²) in [5.41, 5.74) is 2.13. The standard InChI is InChI=1S/C19H24N2O3S2/c1-15-20-17(14-25-15)19(16-6-4-3-5-7-16)9-11-21(12-10-19)18(22)8-13-26(2,23)24/h3-7,14H,8-13H2,1-2H3. The van der Waals surface area contributed by atoms with Gasteiger partial charge < -0.3 is 4.90 Å². The molecule has 26 heavy (non-hydrogen) atoms. The van der Waals surface area contributed by atoms with Gasteiger partial charge in [0.15, 0.2) is 0 Å². The fourth-order valence-electron chi connectivity index (χ4n) is 3.60. The van der Waals surface area contributed by atoms with Crippen molar-refractivity contribution in [2.45, 2.75) is 31.6 Å². The SMILES string of the molecule is Cc1nc(C2(c3ccccc3)CCN(C(=O)CCS(C)(=O)=O)CC2)cs1. The van der Waals surface area contributed by atoms with Crippen LogP contribution in [0, 0.1) is 6.92 Å². The average Bonchev–Trinajstić information content (AvgIpc) is 3.07. The van der Waals surface area contributed by atoms with Gasteiger partial charge in [-0.3, -0.25) is 4.79 Å². The van der Waals surface area contributed by atoms with E-state index in [2.05, 4.69) is 17.5 Å². The van der Waals surface area contributed by atoms with E-state index in [0.717, 1.165) is 23.5 Å². The number of amides is 1. The third-order valence-corrected chi connectivity index (χ3v) is 6.81. The highest BCUT2D eigenvalue weighted by atomic mass is 32.2. The summed E-state index contributed by atoms with van der Waals surface area (Å²) in [6.45, 7) is 3.25. The molecule has 0 N–H and O–H groups in total. The molecule has 1 aromatic heterocycles. The lowest BCUT2D eigenvalue weighted by Gasteiger charge is -2.41. The van der Waals surface area contributed by atoms with E-state index in [1.54, 1.807) is 16.2 Å². The second-order valence-electron chi connectivity index (χ2n) is 6.96. The van der Waals surface area contributed by atoms with Gasteiger partial charge in [-0.05, 0) is 25.3 Å². The minimum atomic E-state index is -3.12. The molecule has 0 atom stereocenters. The van der Waals surface area contributed by atoms with Crippen molar-refractivity contribution in [2.24, 2.45) is 0 Å². The van der Waals surface area contributed by atoms with Crippen molar-refractivity contribution < 1.29 is 13.2 Å². The monoisotopic (exact) mass is 392 g/mol. The molecule has 140 valence electrons. The van der Waals surface area contributed by atoms with Crippen LogP contribution in [0.1, 0.15) is 35.5 Å². The number of hydrogen-bond acceptors (Lipinski definition) is 5. The lowest BCUT2D eigenvalue weighted by atomic mass is 9.70. The number of carbonyl (C=O) groups is 1. The summed E-state index contributed by atoms with van der Waals surface area (Å²) in [5.74, 6) is -0.163. The van der Waals surface area contributed by atoms with Crippen molar-refractivity contribution in [3.63, 3.8) is 0 Å². The maximum atomic E-state index is 12.4. The Morgan fingerprint density at radius 3 is 2.42 bits per heavy atom. The van der Waals surface area contributed by atoms with Gasteiger partial charge in [-0.25, -0.2) is 13.4 Å². The van der Waals surface area contributed by atoms with Gasteiger partial charge in [-0.2, -0.15) is 0 Å². The number of likely N-dealkylation sites (tertiary alicyclic amines) is 1. The normalized spacial score (nSPS) is 17.2. The fourth-order valence-corrected chi connectivity index (χ4v) is 4.86. The van der Waals surface area contributed by atoms with Crippen LogP contribution in [0.3, 0.4) is 0 Å². The minimum Gasteiger partial charge on any atom is -0.343 e. The third kappa shape index (κ3) is 4.15. The molecular formula is C19H24N2O3S2. The van der Waals surface area contributed by atoms with E-state index in [1.165, 1.54) is 11.8 Å². The molecule has 0 radical (unpaired) electrons. The Morgan fingerprint density at radius 1 is 1.23 bits per heavy atom. The highest BCUT2D eigenvalue weighted by molar-refractivity contribution is 7.90. The fraction of sp³-hybridized carbons (Fsp3) is 0.474. The van der Waals surface area contributed by atoms with Gasteiger partial charge in [-0.1, -0.05) is 30.3 Å². The summed E-state index contributed by atoms with van der Waals surface area (Å²) in [6.07, 6.45) is 2.82. The van der Waals surface area contributed by atoms with Crippen LogP contribution >= 0.6 is 11.3 Å². The minimum absolute atomic E-state index is 0.0625. The molecule has 0 unspecified atom stereocenters. The Bertz CT molecular complexity index is 867. The molecule has 0 spiro atoms. The van der Waals surface area contributed by atoms with Crippen LogP contribution < -0.4 is 0 Å². The third-order valence-electron chi connectivity index (χ3n) is 5.09. The van der Waals surface area contributed by atoms with E-state index in [-0.39, 0.29) is 23.5 Å². The smallest absolute Gasteiger partial charge is 0.223 e. The summed E-state index contributed by atoms with van der Waals surface area (Å²) in [7, 11) is -3.12. The van der Waals surface area contributed by atoms with Gasteiger partial charge in [0.2, 0.25) is 5.91 Å². The first kappa shape index (κ1) is 19.0. The molecule has 7 heteroatoms. The van der Waals surface area contributed by atoms with Crippen molar-refractivity contribution in [2.75, 3.05) is 25.1 Å². The number of aromatic nitrogens is 1. The number of benzene rings is 1. The Kier molecular flexibility index (Phi) is 5.48. The van der Waals surface area contributed by atoms with Crippen LogP contribution in [0.15, 0.2) is 35.7 Å². The first-order chi connectivity index (χ1) is 12.3. The lowest BCUT2D eigenvalue weighted by molar-refractivity contribution is -0.132. The molecule has 2 aromatic rings. The quantitative estimate of drug-likeness (QED) is 0.785. The zero-order chi connectivity index (χ0) is 18.8. The largest absolute Gasteiger partial charge is 0.343 e. The van der Waals surface area contributed by atoms with Crippen LogP contribution in [0.5, 0.6) is 0 Å². The van der Waals surface area contributed by atoms with E-state index in [1.807, 2.05) is 25.1 Å². The average molecular weight is 393 g/mol. The molecule has 3 rings (SSSR count). The number of aryl methyl sites for hydroxylation is 1. The van der Waals surface area contributed by atoms with Gasteiger partial charge in [0, 0.05) is 36.6 Å². The van der Waals surface area contributed by atoms with Crippen LogP contribution in [0.25, 0.3) is 0 Å². The molecule has 1 aromatic carbocycles. The van der Waals surface area contributed by atoms with Crippen molar-refractivity contribution in [1.82, 2.24) is 9.88 Å². The second-order valence-corrected chi connectivity index (χ2v) is 10.3. The topological polar surface area (TPSA) is 67.3 Å². The van der Waals surface area contributed by atoms with Crippen LogP contribution in [-0.4, -0.2) is 49.3 Å². The summed E-state index contributed by atoms with van der Waals surface area (Å²) >= 11 is 1.65.